The van der Waals surface area contributed by atoms with Gasteiger partial charge in [0.25, 0.3) is 5.91 Å². The molecule has 3 aromatic carbocycles. The number of amides is 1. The maximum atomic E-state index is 14.2. The van der Waals surface area contributed by atoms with Crippen LogP contribution in [0.25, 0.3) is 22.0 Å². The molecule has 1 amide bonds. The smallest absolute Gasteiger partial charge is 0.273 e. The second-order valence-electron chi connectivity index (χ2n) is 10.5. The number of aromatic nitrogens is 2. The van der Waals surface area contributed by atoms with E-state index < -0.39 is 0 Å². The molecule has 0 saturated heterocycles. The highest BCUT2D eigenvalue weighted by molar-refractivity contribution is 6.06. The van der Waals surface area contributed by atoms with Crippen LogP contribution in [0.3, 0.4) is 0 Å². The fraction of sp³-hybridized carbons (Fsp3) is 0.276. The summed E-state index contributed by atoms with van der Waals surface area (Å²) in [4.78, 5) is 24.1. The van der Waals surface area contributed by atoms with E-state index in [9.17, 15) is 9.18 Å². The van der Waals surface area contributed by atoms with Crippen LogP contribution in [0.1, 0.15) is 54.4 Å². The van der Waals surface area contributed by atoms with Crippen LogP contribution in [0.15, 0.2) is 60.7 Å². The second kappa shape index (κ2) is 8.77. The first-order valence-electron chi connectivity index (χ1n) is 11.9. The van der Waals surface area contributed by atoms with Gasteiger partial charge in [-0.2, -0.15) is 0 Å². The van der Waals surface area contributed by atoms with E-state index in [0.717, 1.165) is 40.7 Å². The average molecular weight is 469 g/mol. The number of nitrogens with zero attached hydrogens (tertiary/aromatic N) is 3. The first-order chi connectivity index (χ1) is 16.7. The zero-order valence-corrected chi connectivity index (χ0v) is 20.3. The summed E-state index contributed by atoms with van der Waals surface area (Å²) < 4.78 is 14.2. The second-order valence-corrected chi connectivity index (χ2v) is 10.5. The summed E-state index contributed by atoms with van der Waals surface area (Å²) in [6.45, 7) is 7.61. The first-order valence-corrected chi connectivity index (χ1v) is 11.9. The molecule has 2 N–H and O–H groups in total. The van der Waals surface area contributed by atoms with Crippen molar-refractivity contribution in [3.8, 4) is 11.1 Å². The summed E-state index contributed by atoms with van der Waals surface area (Å²) in [5.41, 5.74) is 12.1. The van der Waals surface area contributed by atoms with E-state index in [1.54, 1.807) is 11.0 Å². The van der Waals surface area contributed by atoms with E-state index in [0.29, 0.717) is 29.7 Å². The van der Waals surface area contributed by atoms with Gasteiger partial charge in [0.1, 0.15) is 11.5 Å². The molecule has 5 rings (SSSR count). The van der Waals surface area contributed by atoms with Crippen molar-refractivity contribution in [1.29, 1.82) is 0 Å². The predicted molar refractivity (Wildman–Crippen MR) is 137 cm³/mol. The minimum Gasteiger partial charge on any atom is -0.368 e. The van der Waals surface area contributed by atoms with E-state index in [1.165, 1.54) is 6.07 Å². The number of nitrogens with two attached hydrogens (primary N) is 1. The monoisotopic (exact) mass is 468 g/mol. The standard InChI is InChI=1S/C29H29FN4O/c1-29(2,3)13-12-19-14-22(30)9-10-23(19)18-8-11-25-24(15-18)26(33-28(31)32-25)27(35)34-16-20-6-4-5-7-21(20)17-34/h4-11,14-15H,12-13,16-17H2,1-3H3,(H2,31,32,33). The molecular formula is C29H29FN4O. The van der Waals surface area contributed by atoms with Crippen LogP contribution >= 0.6 is 0 Å². The van der Waals surface area contributed by atoms with Crippen LogP contribution < -0.4 is 5.73 Å². The average Bonchev–Trinajstić information content (AvgIpc) is 3.25. The number of fused-ring (bicyclic) bond motifs is 2. The molecule has 0 spiro atoms. The maximum absolute atomic E-state index is 14.2. The number of hydrogen-bond donors (Lipinski definition) is 1. The Balaban J connectivity index is 1.56. The third kappa shape index (κ3) is 4.74. The van der Waals surface area contributed by atoms with Gasteiger partial charge in [-0.25, -0.2) is 14.4 Å². The number of carbonyl (C=O) groups is 1. The third-order valence-electron chi connectivity index (χ3n) is 6.57. The molecule has 1 aromatic heterocycles. The van der Waals surface area contributed by atoms with Gasteiger partial charge in [-0.3, -0.25) is 4.79 Å². The molecule has 2 heterocycles. The number of hydrogen-bond acceptors (Lipinski definition) is 4. The van der Waals surface area contributed by atoms with Crippen molar-refractivity contribution in [2.75, 3.05) is 5.73 Å². The van der Waals surface area contributed by atoms with Gasteiger partial charge in [-0.1, -0.05) is 57.2 Å². The van der Waals surface area contributed by atoms with Crippen LogP contribution in [-0.2, 0) is 19.5 Å². The highest BCUT2D eigenvalue weighted by Gasteiger charge is 2.27. The lowest BCUT2D eigenvalue weighted by molar-refractivity contribution is 0.0747. The summed E-state index contributed by atoms with van der Waals surface area (Å²) in [5.74, 6) is -0.360. The quantitative estimate of drug-likeness (QED) is 0.390. The molecule has 0 unspecified atom stereocenters. The van der Waals surface area contributed by atoms with Crippen molar-refractivity contribution in [3.05, 3.63) is 88.9 Å². The van der Waals surface area contributed by atoms with Crippen molar-refractivity contribution in [2.24, 2.45) is 5.41 Å². The number of nitrogen functional groups attached to an aromatic ring is 1. The Bertz CT molecular complexity index is 1420. The van der Waals surface area contributed by atoms with Crippen LogP contribution in [0.5, 0.6) is 0 Å². The molecule has 178 valence electrons. The lowest BCUT2D eigenvalue weighted by atomic mass is 9.86. The molecule has 0 radical (unpaired) electrons. The molecule has 0 aliphatic carbocycles. The summed E-state index contributed by atoms with van der Waals surface area (Å²) in [6, 6.07) is 18.7. The zero-order chi connectivity index (χ0) is 24.7. The highest BCUT2D eigenvalue weighted by atomic mass is 19.1. The summed E-state index contributed by atoms with van der Waals surface area (Å²) in [7, 11) is 0. The van der Waals surface area contributed by atoms with Gasteiger partial charge in [0.15, 0.2) is 0 Å². The molecule has 1 aliphatic heterocycles. The van der Waals surface area contributed by atoms with E-state index >= 15 is 0 Å². The van der Waals surface area contributed by atoms with Gasteiger partial charge in [0.05, 0.1) is 5.52 Å². The Kier molecular flexibility index (Phi) is 5.75. The fourth-order valence-electron chi connectivity index (χ4n) is 4.66. The van der Waals surface area contributed by atoms with Gasteiger partial charge in [-0.05, 0) is 70.3 Å². The summed E-state index contributed by atoms with van der Waals surface area (Å²) in [6.07, 6.45) is 1.68. The number of benzene rings is 3. The number of rotatable bonds is 4. The van der Waals surface area contributed by atoms with Crippen LogP contribution in [0.4, 0.5) is 10.3 Å². The zero-order valence-electron chi connectivity index (χ0n) is 20.3. The normalized spacial score (nSPS) is 13.3. The predicted octanol–water partition coefficient (Wildman–Crippen LogP) is 6.15. The Morgan fingerprint density at radius 3 is 2.40 bits per heavy atom. The molecule has 0 bridgehead atoms. The topological polar surface area (TPSA) is 72.1 Å². The van der Waals surface area contributed by atoms with Gasteiger partial charge in [0.2, 0.25) is 5.95 Å². The number of carbonyl (C=O) groups excluding carboxylic acids is 1. The molecule has 0 saturated carbocycles. The van der Waals surface area contributed by atoms with Gasteiger partial charge >= 0.3 is 0 Å². The Labute approximate surface area is 204 Å². The fourth-order valence-corrected chi connectivity index (χ4v) is 4.66. The SMILES string of the molecule is CC(C)(C)CCc1cc(F)ccc1-c1ccc2nc(N)nc(C(=O)N3Cc4ccccc4C3)c2c1. The molecule has 6 heteroatoms. The van der Waals surface area contributed by atoms with Crippen molar-refractivity contribution >= 4 is 22.8 Å². The molecular weight excluding hydrogens is 439 g/mol. The molecule has 35 heavy (non-hydrogen) atoms. The van der Waals surface area contributed by atoms with E-state index in [-0.39, 0.29) is 23.1 Å². The molecule has 5 nitrogen and oxygen atoms in total. The lowest BCUT2D eigenvalue weighted by Crippen LogP contribution is -2.27. The van der Waals surface area contributed by atoms with E-state index in [4.69, 9.17) is 5.73 Å². The van der Waals surface area contributed by atoms with Crippen molar-refractivity contribution in [2.45, 2.75) is 46.7 Å². The Morgan fingerprint density at radius 2 is 1.71 bits per heavy atom. The summed E-state index contributed by atoms with van der Waals surface area (Å²) >= 11 is 0. The third-order valence-corrected chi connectivity index (χ3v) is 6.57. The number of aryl methyl sites for hydroxylation is 1. The Hall–Kier alpha value is -3.80. The Morgan fingerprint density at radius 1 is 1.00 bits per heavy atom. The van der Waals surface area contributed by atoms with Crippen LogP contribution in [0.2, 0.25) is 0 Å². The molecule has 0 fully saturated rings. The van der Waals surface area contributed by atoms with Crippen LogP contribution in [0, 0.1) is 11.2 Å². The molecule has 4 aromatic rings. The number of halogens is 1. The summed E-state index contributed by atoms with van der Waals surface area (Å²) in [5, 5.41) is 0.642. The minimum absolute atomic E-state index is 0.0676. The molecule has 0 atom stereocenters. The maximum Gasteiger partial charge on any atom is 0.273 e. The largest absolute Gasteiger partial charge is 0.368 e. The van der Waals surface area contributed by atoms with E-state index in [1.807, 2.05) is 48.5 Å². The molecule has 1 aliphatic rings. The number of anilines is 1. The van der Waals surface area contributed by atoms with Crippen LogP contribution in [-0.4, -0.2) is 20.8 Å². The first kappa shape index (κ1) is 23.0. The van der Waals surface area contributed by atoms with Gasteiger partial charge in [0, 0.05) is 18.5 Å². The van der Waals surface area contributed by atoms with Crippen molar-refractivity contribution < 1.29 is 9.18 Å². The van der Waals surface area contributed by atoms with Gasteiger partial charge in [-0.15, -0.1) is 0 Å². The van der Waals surface area contributed by atoms with Gasteiger partial charge < -0.3 is 10.6 Å². The highest BCUT2D eigenvalue weighted by Crippen LogP contribution is 2.32. The lowest BCUT2D eigenvalue weighted by Gasteiger charge is -2.20. The van der Waals surface area contributed by atoms with E-state index in [2.05, 4.69) is 30.7 Å². The van der Waals surface area contributed by atoms with Crippen molar-refractivity contribution in [3.63, 3.8) is 0 Å². The minimum atomic E-state index is -0.251. The van der Waals surface area contributed by atoms with Crippen molar-refractivity contribution in [1.82, 2.24) is 14.9 Å².